The van der Waals surface area contributed by atoms with Crippen LogP contribution in [0.1, 0.15) is 60.8 Å². The zero-order chi connectivity index (χ0) is 31.6. The molecule has 10 nitrogen and oxygen atoms in total. The van der Waals surface area contributed by atoms with Crippen LogP contribution in [0.15, 0.2) is 48.5 Å². The number of alkyl halides is 3. The van der Waals surface area contributed by atoms with Gasteiger partial charge in [-0.25, -0.2) is 9.59 Å². The molecule has 5 rings (SSSR count). The summed E-state index contributed by atoms with van der Waals surface area (Å²) < 4.78 is 14.9. The van der Waals surface area contributed by atoms with Crippen LogP contribution in [0.25, 0.3) is 0 Å². The Hall–Kier alpha value is -3.51. The average molecular weight is 681 g/mol. The van der Waals surface area contributed by atoms with Crippen LogP contribution in [0.4, 0.5) is 15.5 Å². The standard InChI is InChI=1S/C30H28Cl3N3O7S/c1-17-23(26(38)36-11-9-29(10-12-36)14-21(37)20-13-19(34)7-8-22(20)43-29)25(35-28(40)42-16-30(31,32)33)44-24(17)27(39)41-15-18-5-3-2-4-6-18/h2-8,13H,9-12,14-16,34H2,1H3,(H,35,40). The molecule has 2 aromatic carbocycles. The van der Waals surface area contributed by atoms with E-state index < -0.39 is 34.0 Å². The normalized spacial score (nSPS) is 15.7. The number of likely N-dealkylation sites (tertiary alicyclic amines) is 1. The molecule has 2 amide bonds. The van der Waals surface area contributed by atoms with E-state index in [2.05, 4.69) is 5.32 Å². The Morgan fingerprint density at radius 1 is 1.09 bits per heavy atom. The lowest BCUT2D eigenvalue weighted by Crippen LogP contribution is -2.52. The van der Waals surface area contributed by atoms with Crippen molar-refractivity contribution in [2.45, 2.75) is 42.2 Å². The zero-order valence-corrected chi connectivity index (χ0v) is 26.6. The minimum Gasteiger partial charge on any atom is -0.486 e. The molecular formula is C30H28Cl3N3O7S. The predicted molar refractivity (Wildman–Crippen MR) is 168 cm³/mol. The number of nitrogen functional groups attached to an aromatic ring is 1. The van der Waals surface area contributed by atoms with Crippen molar-refractivity contribution in [2.24, 2.45) is 0 Å². The summed E-state index contributed by atoms with van der Waals surface area (Å²) in [5.41, 5.74) is 7.26. The first-order valence-corrected chi connectivity index (χ1v) is 15.6. The monoisotopic (exact) mass is 679 g/mol. The molecule has 0 unspecified atom stereocenters. The molecular weight excluding hydrogens is 653 g/mol. The third kappa shape index (κ3) is 7.23. The van der Waals surface area contributed by atoms with Gasteiger partial charge in [0.05, 0.1) is 17.5 Å². The number of anilines is 2. The molecule has 14 heteroatoms. The number of ether oxygens (including phenoxy) is 3. The number of ketones is 1. The maximum Gasteiger partial charge on any atom is 0.412 e. The summed E-state index contributed by atoms with van der Waals surface area (Å²) in [6, 6.07) is 14.1. The highest BCUT2D eigenvalue weighted by molar-refractivity contribution is 7.18. The maximum atomic E-state index is 13.9. The van der Waals surface area contributed by atoms with Crippen molar-refractivity contribution in [1.82, 2.24) is 4.90 Å². The van der Waals surface area contributed by atoms with Crippen molar-refractivity contribution in [3.8, 4) is 5.75 Å². The van der Waals surface area contributed by atoms with Gasteiger partial charge in [-0.2, -0.15) is 0 Å². The molecule has 44 heavy (non-hydrogen) atoms. The van der Waals surface area contributed by atoms with E-state index in [1.165, 1.54) is 0 Å². The summed E-state index contributed by atoms with van der Waals surface area (Å²) >= 11 is 18.0. The second-order valence-electron chi connectivity index (χ2n) is 10.6. The Labute approximate surface area is 272 Å². The second-order valence-corrected chi connectivity index (χ2v) is 14.1. The summed E-state index contributed by atoms with van der Waals surface area (Å²) in [4.78, 5) is 54.3. The van der Waals surface area contributed by atoms with Gasteiger partial charge in [-0.1, -0.05) is 65.1 Å². The Kier molecular flexibility index (Phi) is 9.31. The zero-order valence-electron chi connectivity index (χ0n) is 23.5. The van der Waals surface area contributed by atoms with Crippen molar-refractivity contribution in [1.29, 1.82) is 0 Å². The number of nitrogens with two attached hydrogens (primary N) is 1. The first kappa shape index (κ1) is 31.9. The molecule has 2 aliphatic rings. The number of thiophene rings is 1. The van der Waals surface area contributed by atoms with E-state index in [4.69, 9.17) is 54.7 Å². The number of carbonyl (C=O) groups excluding carboxylic acids is 4. The number of nitrogens with one attached hydrogen (secondary N) is 1. The van der Waals surface area contributed by atoms with Crippen LogP contribution in [0.5, 0.6) is 5.75 Å². The predicted octanol–water partition coefficient (Wildman–Crippen LogP) is 6.55. The molecule has 1 saturated heterocycles. The lowest BCUT2D eigenvalue weighted by molar-refractivity contribution is -0.00567. The van der Waals surface area contributed by atoms with Crippen molar-refractivity contribution in [2.75, 3.05) is 30.7 Å². The largest absolute Gasteiger partial charge is 0.486 e. The van der Waals surface area contributed by atoms with Gasteiger partial charge in [0.15, 0.2) is 5.78 Å². The molecule has 1 aromatic heterocycles. The Morgan fingerprint density at radius 3 is 2.48 bits per heavy atom. The average Bonchev–Trinajstić information content (AvgIpc) is 3.30. The third-order valence-electron chi connectivity index (χ3n) is 7.42. The van der Waals surface area contributed by atoms with Crippen LogP contribution in [0.2, 0.25) is 0 Å². The smallest absolute Gasteiger partial charge is 0.412 e. The van der Waals surface area contributed by atoms with Crippen LogP contribution in [0.3, 0.4) is 0 Å². The van der Waals surface area contributed by atoms with E-state index in [1.807, 2.05) is 30.3 Å². The number of Topliss-reactive ketones (excluding diaryl/α,β-unsaturated/α-hetero) is 1. The molecule has 2 aliphatic heterocycles. The Bertz CT molecular complexity index is 1600. The lowest BCUT2D eigenvalue weighted by Gasteiger charge is -2.44. The van der Waals surface area contributed by atoms with Gasteiger partial charge in [0.1, 0.15) is 34.4 Å². The summed E-state index contributed by atoms with van der Waals surface area (Å²) in [6.45, 7) is 1.65. The number of piperidine rings is 1. The maximum absolute atomic E-state index is 13.9. The number of benzene rings is 2. The first-order valence-electron chi connectivity index (χ1n) is 13.6. The number of halogens is 3. The van der Waals surface area contributed by atoms with Gasteiger partial charge in [0.25, 0.3) is 5.91 Å². The van der Waals surface area contributed by atoms with Gasteiger partial charge in [0.2, 0.25) is 3.79 Å². The molecule has 1 fully saturated rings. The van der Waals surface area contributed by atoms with E-state index in [0.29, 0.717) is 35.4 Å². The summed E-state index contributed by atoms with van der Waals surface area (Å²) in [6.07, 6.45) is -0.00104. The van der Waals surface area contributed by atoms with Gasteiger partial charge in [0, 0.05) is 31.6 Å². The van der Waals surface area contributed by atoms with Gasteiger partial charge in [-0.3, -0.25) is 14.9 Å². The van der Waals surface area contributed by atoms with E-state index in [9.17, 15) is 19.2 Å². The third-order valence-corrected chi connectivity index (χ3v) is 8.93. The number of esters is 1. The number of fused-ring (bicyclic) bond motifs is 1. The topological polar surface area (TPSA) is 137 Å². The highest BCUT2D eigenvalue weighted by atomic mass is 35.6. The summed E-state index contributed by atoms with van der Waals surface area (Å²) in [5.74, 6) is -0.658. The summed E-state index contributed by atoms with van der Waals surface area (Å²) in [7, 11) is 0. The SMILES string of the molecule is Cc1c(C(=O)OCc2ccccc2)sc(NC(=O)OCC(Cl)(Cl)Cl)c1C(=O)N1CCC2(CC1)CC(=O)c1cc(N)ccc1O2. The molecule has 0 atom stereocenters. The van der Waals surface area contributed by atoms with Crippen molar-refractivity contribution in [3.63, 3.8) is 0 Å². The van der Waals surface area contributed by atoms with Crippen LogP contribution in [-0.2, 0) is 16.1 Å². The van der Waals surface area contributed by atoms with E-state index >= 15 is 0 Å². The fraction of sp³-hybridized carbons (Fsp3) is 0.333. The minimum absolute atomic E-state index is 0.0248. The van der Waals surface area contributed by atoms with Gasteiger partial charge < -0.3 is 24.8 Å². The van der Waals surface area contributed by atoms with Gasteiger partial charge >= 0.3 is 12.1 Å². The van der Waals surface area contributed by atoms with Crippen LogP contribution in [0, 0.1) is 6.92 Å². The number of amides is 2. The molecule has 1 spiro atoms. The molecule has 0 bridgehead atoms. The lowest BCUT2D eigenvalue weighted by atomic mass is 9.82. The molecule has 0 saturated carbocycles. The minimum atomic E-state index is -1.84. The number of nitrogens with zero attached hydrogens (tertiary/aromatic N) is 1. The molecule has 232 valence electrons. The molecule has 0 radical (unpaired) electrons. The van der Waals surface area contributed by atoms with Crippen molar-refractivity contribution in [3.05, 3.63) is 75.7 Å². The molecule has 3 N–H and O–H groups in total. The highest BCUT2D eigenvalue weighted by Crippen LogP contribution is 2.41. The van der Waals surface area contributed by atoms with E-state index in [-0.39, 0.29) is 47.3 Å². The number of hydrogen-bond donors (Lipinski definition) is 2. The van der Waals surface area contributed by atoms with Gasteiger partial charge in [-0.15, -0.1) is 11.3 Å². The van der Waals surface area contributed by atoms with E-state index in [0.717, 1.165) is 16.9 Å². The fourth-order valence-electron chi connectivity index (χ4n) is 5.18. The Morgan fingerprint density at radius 2 is 1.80 bits per heavy atom. The van der Waals surface area contributed by atoms with Crippen LogP contribution >= 0.6 is 46.1 Å². The summed E-state index contributed by atoms with van der Waals surface area (Å²) in [5, 5.41) is 2.61. The first-order chi connectivity index (χ1) is 20.8. The highest BCUT2D eigenvalue weighted by Gasteiger charge is 2.44. The number of rotatable bonds is 6. The molecule has 0 aliphatic carbocycles. The van der Waals surface area contributed by atoms with Crippen LogP contribution < -0.4 is 15.8 Å². The molecule has 3 aromatic rings. The number of carbonyl (C=O) groups is 4. The fourth-order valence-corrected chi connectivity index (χ4v) is 6.43. The van der Waals surface area contributed by atoms with Crippen LogP contribution in [-0.4, -0.2) is 57.7 Å². The van der Waals surface area contributed by atoms with Gasteiger partial charge in [-0.05, 0) is 36.2 Å². The van der Waals surface area contributed by atoms with E-state index in [1.54, 1.807) is 30.0 Å². The van der Waals surface area contributed by atoms with Crippen molar-refractivity contribution < 1.29 is 33.4 Å². The second kappa shape index (κ2) is 12.8. The Balaban J connectivity index is 1.34. The molecule has 3 heterocycles. The quantitative estimate of drug-likeness (QED) is 0.170. The number of hydrogen-bond acceptors (Lipinski definition) is 9. The van der Waals surface area contributed by atoms with Crippen molar-refractivity contribution >= 4 is 80.6 Å².